The highest BCUT2D eigenvalue weighted by Crippen LogP contribution is 2.20. The predicted octanol–water partition coefficient (Wildman–Crippen LogP) is 1.62. The predicted molar refractivity (Wildman–Crippen MR) is 65.6 cm³/mol. The minimum Gasteiger partial charge on any atom is -0.397 e. The molecule has 0 saturated carbocycles. The van der Waals surface area contributed by atoms with Gasteiger partial charge in [0.05, 0.1) is 16.9 Å². The first kappa shape index (κ1) is 11.1. The lowest BCUT2D eigenvalue weighted by atomic mass is 10.2. The Morgan fingerprint density at radius 2 is 2.00 bits per heavy atom. The molecule has 2 rings (SSSR count). The van der Waals surface area contributed by atoms with Gasteiger partial charge >= 0.3 is 0 Å². The minimum absolute atomic E-state index is 0.275. The van der Waals surface area contributed by atoms with Crippen molar-refractivity contribution in [2.45, 2.75) is 6.92 Å². The lowest BCUT2D eigenvalue weighted by molar-refractivity contribution is 0.102. The number of hydrogen-bond acceptors (Lipinski definition) is 4. The zero-order chi connectivity index (χ0) is 12.3. The molecule has 5 nitrogen and oxygen atoms in total. The highest BCUT2D eigenvalue weighted by atomic mass is 16.1. The summed E-state index contributed by atoms with van der Waals surface area (Å²) in [5.74, 6) is -0.275. The Hall–Kier alpha value is -2.43. The average Bonchev–Trinajstić information content (AvgIpc) is 2.35. The van der Waals surface area contributed by atoms with Crippen LogP contribution in [0.15, 0.2) is 36.9 Å². The molecule has 0 fully saturated rings. The highest BCUT2D eigenvalue weighted by Gasteiger charge is 2.08. The van der Waals surface area contributed by atoms with E-state index in [2.05, 4.69) is 15.3 Å². The summed E-state index contributed by atoms with van der Waals surface area (Å²) in [6, 6.07) is 5.46. The van der Waals surface area contributed by atoms with E-state index in [0.29, 0.717) is 16.9 Å². The Bertz CT molecular complexity index is 539. The third-order valence-electron chi connectivity index (χ3n) is 2.28. The molecule has 86 valence electrons. The summed E-state index contributed by atoms with van der Waals surface area (Å²) in [5, 5.41) is 2.72. The summed E-state index contributed by atoms with van der Waals surface area (Å²) in [6.07, 6.45) is 4.28. The molecule has 1 aromatic carbocycles. The number of nitrogen functional groups attached to an aromatic ring is 1. The van der Waals surface area contributed by atoms with Crippen LogP contribution in [0.3, 0.4) is 0 Å². The van der Waals surface area contributed by atoms with Crippen molar-refractivity contribution in [3.05, 3.63) is 48.0 Å². The molecule has 1 amide bonds. The fraction of sp³-hybridized carbons (Fsp3) is 0.0833. The molecule has 0 aliphatic carbocycles. The van der Waals surface area contributed by atoms with Gasteiger partial charge in [0.15, 0.2) is 0 Å². The van der Waals surface area contributed by atoms with Crippen LogP contribution >= 0.6 is 0 Å². The molecule has 1 aromatic heterocycles. The Labute approximate surface area is 98.7 Å². The third-order valence-corrected chi connectivity index (χ3v) is 2.28. The standard InChI is InChI=1S/C12H12N4O/c1-8-2-3-10(13)11(4-8)16-12(17)9-5-14-7-15-6-9/h2-7H,13H2,1H3,(H,16,17). The van der Waals surface area contributed by atoms with E-state index in [1.165, 1.54) is 18.7 Å². The number of hydrogen-bond donors (Lipinski definition) is 2. The zero-order valence-corrected chi connectivity index (χ0v) is 9.34. The molecule has 17 heavy (non-hydrogen) atoms. The largest absolute Gasteiger partial charge is 0.397 e. The van der Waals surface area contributed by atoms with Crippen LogP contribution in [0.5, 0.6) is 0 Å². The number of carbonyl (C=O) groups excluding carboxylic acids is 1. The summed E-state index contributed by atoms with van der Waals surface area (Å²) < 4.78 is 0. The molecule has 5 heteroatoms. The van der Waals surface area contributed by atoms with Gasteiger partial charge in [0, 0.05) is 12.4 Å². The van der Waals surface area contributed by atoms with Gasteiger partial charge in [0.1, 0.15) is 6.33 Å². The number of benzene rings is 1. The molecule has 0 unspecified atom stereocenters. The smallest absolute Gasteiger partial charge is 0.258 e. The first-order valence-corrected chi connectivity index (χ1v) is 5.09. The molecular weight excluding hydrogens is 216 g/mol. The number of nitrogens with two attached hydrogens (primary N) is 1. The summed E-state index contributed by atoms with van der Waals surface area (Å²) in [5.41, 5.74) is 8.32. The second-order valence-corrected chi connectivity index (χ2v) is 3.67. The minimum atomic E-state index is -0.275. The van der Waals surface area contributed by atoms with E-state index in [-0.39, 0.29) is 5.91 Å². The van der Waals surface area contributed by atoms with Crippen molar-refractivity contribution in [3.63, 3.8) is 0 Å². The molecule has 0 radical (unpaired) electrons. The molecule has 3 N–H and O–H groups in total. The van der Waals surface area contributed by atoms with E-state index in [1.54, 1.807) is 6.07 Å². The van der Waals surface area contributed by atoms with Gasteiger partial charge in [-0.2, -0.15) is 0 Å². The Kier molecular flexibility index (Phi) is 3.00. The number of rotatable bonds is 2. The molecule has 0 spiro atoms. The lowest BCUT2D eigenvalue weighted by Gasteiger charge is -2.08. The van der Waals surface area contributed by atoms with Crippen molar-refractivity contribution >= 4 is 17.3 Å². The fourth-order valence-electron chi connectivity index (χ4n) is 1.39. The SMILES string of the molecule is Cc1ccc(N)c(NC(=O)c2cncnc2)c1. The van der Waals surface area contributed by atoms with Crippen LogP contribution in [0.4, 0.5) is 11.4 Å². The molecule has 0 atom stereocenters. The summed E-state index contributed by atoms with van der Waals surface area (Å²) >= 11 is 0. The van der Waals surface area contributed by atoms with E-state index >= 15 is 0 Å². The number of nitrogens with zero attached hydrogens (tertiary/aromatic N) is 2. The quantitative estimate of drug-likeness (QED) is 0.765. The van der Waals surface area contributed by atoms with Crippen LogP contribution in [-0.4, -0.2) is 15.9 Å². The van der Waals surface area contributed by atoms with Crippen LogP contribution < -0.4 is 11.1 Å². The van der Waals surface area contributed by atoms with Gasteiger partial charge in [-0.1, -0.05) is 6.07 Å². The Morgan fingerprint density at radius 1 is 1.29 bits per heavy atom. The van der Waals surface area contributed by atoms with E-state index in [1.807, 2.05) is 19.1 Å². The third kappa shape index (κ3) is 2.57. The molecule has 0 aliphatic heterocycles. The van der Waals surface area contributed by atoms with Gasteiger partial charge < -0.3 is 11.1 Å². The molecule has 1 heterocycles. The van der Waals surface area contributed by atoms with Crippen LogP contribution in [0.1, 0.15) is 15.9 Å². The molecule has 0 aliphatic rings. The van der Waals surface area contributed by atoms with E-state index in [4.69, 9.17) is 5.73 Å². The maximum Gasteiger partial charge on any atom is 0.258 e. The van der Waals surface area contributed by atoms with Crippen molar-refractivity contribution in [3.8, 4) is 0 Å². The first-order valence-electron chi connectivity index (χ1n) is 5.09. The van der Waals surface area contributed by atoms with E-state index in [0.717, 1.165) is 5.56 Å². The van der Waals surface area contributed by atoms with E-state index < -0.39 is 0 Å². The van der Waals surface area contributed by atoms with Crippen molar-refractivity contribution in [2.75, 3.05) is 11.1 Å². The van der Waals surface area contributed by atoms with E-state index in [9.17, 15) is 4.79 Å². The van der Waals surface area contributed by atoms with Crippen molar-refractivity contribution in [1.82, 2.24) is 9.97 Å². The van der Waals surface area contributed by atoms with Crippen LogP contribution in [0, 0.1) is 6.92 Å². The van der Waals surface area contributed by atoms with Crippen molar-refractivity contribution < 1.29 is 4.79 Å². The number of nitrogens with one attached hydrogen (secondary N) is 1. The second-order valence-electron chi connectivity index (χ2n) is 3.67. The van der Waals surface area contributed by atoms with Gasteiger partial charge in [-0.05, 0) is 24.6 Å². The van der Waals surface area contributed by atoms with Crippen LogP contribution in [-0.2, 0) is 0 Å². The average molecular weight is 228 g/mol. The Balaban J connectivity index is 2.22. The fourth-order valence-corrected chi connectivity index (χ4v) is 1.39. The first-order chi connectivity index (χ1) is 8.16. The highest BCUT2D eigenvalue weighted by molar-refractivity contribution is 6.05. The normalized spacial score (nSPS) is 9.94. The van der Waals surface area contributed by atoms with Crippen molar-refractivity contribution in [2.24, 2.45) is 0 Å². The maximum absolute atomic E-state index is 11.8. The number of carbonyl (C=O) groups is 1. The second kappa shape index (κ2) is 4.61. The number of anilines is 2. The number of aryl methyl sites for hydroxylation is 1. The van der Waals surface area contributed by atoms with Gasteiger partial charge in [-0.25, -0.2) is 9.97 Å². The van der Waals surface area contributed by atoms with Gasteiger partial charge in [0.25, 0.3) is 5.91 Å². The maximum atomic E-state index is 11.8. The topological polar surface area (TPSA) is 80.9 Å². The van der Waals surface area contributed by atoms with Gasteiger partial charge in [-0.15, -0.1) is 0 Å². The summed E-state index contributed by atoms with van der Waals surface area (Å²) in [7, 11) is 0. The van der Waals surface area contributed by atoms with Crippen LogP contribution in [0.2, 0.25) is 0 Å². The lowest BCUT2D eigenvalue weighted by Crippen LogP contribution is -2.13. The summed E-state index contributed by atoms with van der Waals surface area (Å²) in [6.45, 7) is 1.93. The molecular formula is C12H12N4O. The van der Waals surface area contributed by atoms with Crippen molar-refractivity contribution in [1.29, 1.82) is 0 Å². The number of amides is 1. The van der Waals surface area contributed by atoms with Gasteiger partial charge in [-0.3, -0.25) is 4.79 Å². The molecule has 2 aromatic rings. The van der Waals surface area contributed by atoms with Crippen LogP contribution in [0.25, 0.3) is 0 Å². The molecule has 0 bridgehead atoms. The monoisotopic (exact) mass is 228 g/mol. The zero-order valence-electron chi connectivity index (χ0n) is 9.34. The number of aromatic nitrogens is 2. The van der Waals surface area contributed by atoms with Gasteiger partial charge in [0.2, 0.25) is 0 Å². The summed E-state index contributed by atoms with van der Waals surface area (Å²) in [4.78, 5) is 19.4. The Morgan fingerprint density at radius 3 is 2.71 bits per heavy atom. The molecule has 0 saturated heterocycles.